The van der Waals surface area contributed by atoms with Crippen LogP contribution in [0.4, 0.5) is 9.59 Å². The number of carbonyl (C=O) groups is 5. The van der Waals surface area contributed by atoms with Gasteiger partial charge in [-0.25, -0.2) is 9.59 Å². The first-order chi connectivity index (χ1) is 20.9. The van der Waals surface area contributed by atoms with Gasteiger partial charge in [0.05, 0.1) is 0 Å². The van der Waals surface area contributed by atoms with Crippen molar-refractivity contribution >= 4 is 51.5 Å². The SMILES string of the molecule is O=C(CCNC(=O)CCNC(=O)OCc1ccccc1)NCCSSCCNC(=O)CCNC(=O)OCc1ccccc1. The van der Waals surface area contributed by atoms with Crippen molar-refractivity contribution < 1.29 is 33.4 Å². The van der Waals surface area contributed by atoms with Crippen LogP contribution in [-0.4, -0.2) is 74.1 Å². The van der Waals surface area contributed by atoms with Gasteiger partial charge >= 0.3 is 12.2 Å². The van der Waals surface area contributed by atoms with E-state index in [0.29, 0.717) is 24.6 Å². The van der Waals surface area contributed by atoms with Crippen LogP contribution >= 0.6 is 21.6 Å². The zero-order valence-electron chi connectivity index (χ0n) is 23.9. The number of hydrogen-bond acceptors (Lipinski definition) is 9. The monoisotopic (exact) mass is 633 g/mol. The van der Waals surface area contributed by atoms with Crippen LogP contribution in [0.15, 0.2) is 60.7 Å². The van der Waals surface area contributed by atoms with Crippen LogP contribution in [0.2, 0.25) is 0 Å². The maximum absolute atomic E-state index is 11.9. The second kappa shape index (κ2) is 22.7. The summed E-state index contributed by atoms with van der Waals surface area (Å²) in [5, 5.41) is 13.3. The van der Waals surface area contributed by atoms with Crippen LogP contribution in [-0.2, 0) is 37.1 Å². The van der Waals surface area contributed by atoms with Crippen molar-refractivity contribution in [2.45, 2.75) is 32.5 Å². The summed E-state index contributed by atoms with van der Waals surface area (Å²) in [6.07, 6.45) is -0.770. The van der Waals surface area contributed by atoms with E-state index in [2.05, 4.69) is 26.6 Å². The summed E-state index contributed by atoms with van der Waals surface area (Å²) in [4.78, 5) is 59.0. The highest BCUT2D eigenvalue weighted by molar-refractivity contribution is 8.76. The average molecular weight is 634 g/mol. The van der Waals surface area contributed by atoms with Crippen LogP contribution in [0, 0.1) is 0 Å². The predicted octanol–water partition coefficient (Wildman–Crippen LogP) is 2.74. The largest absolute Gasteiger partial charge is 0.445 e. The summed E-state index contributed by atoms with van der Waals surface area (Å²) in [5.41, 5.74) is 1.76. The number of rotatable bonds is 20. The highest BCUT2D eigenvalue weighted by atomic mass is 33.1. The van der Waals surface area contributed by atoms with E-state index in [-0.39, 0.29) is 69.8 Å². The number of hydrogen-bond donors (Lipinski definition) is 5. The molecule has 12 nitrogen and oxygen atoms in total. The Labute approximate surface area is 259 Å². The molecule has 0 aliphatic rings. The number of ether oxygens (including phenoxy) is 2. The van der Waals surface area contributed by atoms with Crippen molar-refractivity contribution in [1.29, 1.82) is 0 Å². The Morgan fingerprint density at radius 1 is 0.488 bits per heavy atom. The molecule has 0 heterocycles. The lowest BCUT2D eigenvalue weighted by Crippen LogP contribution is -2.34. The van der Waals surface area contributed by atoms with Gasteiger partial charge in [0.1, 0.15) is 13.2 Å². The molecule has 43 heavy (non-hydrogen) atoms. The molecule has 14 heteroatoms. The molecule has 2 rings (SSSR count). The molecule has 5 amide bonds. The van der Waals surface area contributed by atoms with Gasteiger partial charge in [-0.1, -0.05) is 82.3 Å². The molecule has 0 fully saturated rings. The summed E-state index contributed by atoms with van der Waals surface area (Å²) in [6.45, 7) is 1.83. The molecular weight excluding hydrogens is 594 g/mol. The van der Waals surface area contributed by atoms with Crippen molar-refractivity contribution in [2.24, 2.45) is 0 Å². The molecule has 2 aromatic carbocycles. The maximum Gasteiger partial charge on any atom is 0.407 e. The molecule has 0 saturated carbocycles. The number of benzene rings is 2. The molecule has 234 valence electrons. The minimum atomic E-state index is -0.597. The quantitative estimate of drug-likeness (QED) is 0.109. The minimum Gasteiger partial charge on any atom is -0.445 e. The summed E-state index contributed by atoms with van der Waals surface area (Å²) in [6, 6.07) is 18.6. The van der Waals surface area contributed by atoms with Crippen molar-refractivity contribution in [3.8, 4) is 0 Å². The van der Waals surface area contributed by atoms with Gasteiger partial charge in [-0.2, -0.15) is 0 Å². The fourth-order valence-corrected chi connectivity index (χ4v) is 5.08. The van der Waals surface area contributed by atoms with Gasteiger partial charge in [0.15, 0.2) is 0 Å². The van der Waals surface area contributed by atoms with Crippen LogP contribution < -0.4 is 26.6 Å². The van der Waals surface area contributed by atoms with E-state index in [0.717, 1.165) is 11.1 Å². The van der Waals surface area contributed by atoms with Gasteiger partial charge in [-0.15, -0.1) is 0 Å². The third-order valence-corrected chi connectivity index (χ3v) is 7.85. The fourth-order valence-electron chi connectivity index (χ4n) is 3.27. The minimum absolute atomic E-state index is 0.0804. The van der Waals surface area contributed by atoms with E-state index in [1.165, 1.54) is 0 Å². The highest BCUT2D eigenvalue weighted by Gasteiger charge is 2.08. The Hall–Kier alpha value is -3.91. The normalized spacial score (nSPS) is 10.2. The van der Waals surface area contributed by atoms with Crippen LogP contribution in [0.1, 0.15) is 30.4 Å². The lowest BCUT2D eigenvalue weighted by molar-refractivity contribution is -0.122. The van der Waals surface area contributed by atoms with Gasteiger partial charge in [-0.3, -0.25) is 14.4 Å². The lowest BCUT2D eigenvalue weighted by atomic mass is 10.2. The molecule has 0 unspecified atom stereocenters. The predicted molar refractivity (Wildman–Crippen MR) is 167 cm³/mol. The van der Waals surface area contributed by atoms with Gasteiger partial charge in [-0.05, 0) is 11.1 Å². The van der Waals surface area contributed by atoms with E-state index in [1.54, 1.807) is 21.6 Å². The molecule has 0 aliphatic heterocycles. The molecule has 0 bridgehead atoms. The average Bonchev–Trinajstić information content (AvgIpc) is 3.01. The van der Waals surface area contributed by atoms with Crippen molar-refractivity contribution in [2.75, 3.05) is 44.2 Å². The van der Waals surface area contributed by atoms with Crippen LogP contribution in [0.5, 0.6) is 0 Å². The van der Waals surface area contributed by atoms with Gasteiger partial charge in [0.25, 0.3) is 0 Å². The Kier molecular flexibility index (Phi) is 18.6. The fraction of sp³-hybridized carbons (Fsp3) is 0.414. The first kappa shape index (κ1) is 35.3. The van der Waals surface area contributed by atoms with E-state index in [4.69, 9.17) is 9.47 Å². The number of nitrogens with one attached hydrogen (secondary N) is 5. The van der Waals surface area contributed by atoms with Crippen LogP contribution in [0.25, 0.3) is 0 Å². The second-order valence-corrected chi connectivity index (χ2v) is 11.6. The van der Waals surface area contributed by atoms with E-state index < -0.39 is 12.2 Å². The number of carbonyl (C=O) groups excluding carboxylic acids is 5. The van der Waals surface area contributed by atoms with Crippen LogP contribution in [0.3, 0.4) is 0 Å². The molecule has 5 N–H and O–H groups in total. The van der Waals surface area contributed by atoms with E-state index in [9.17, 15) is 24.0 Å². The number of alkyl carbamates (subject to hydrolysis) is 2. The summed E-state index contributed by atoms with van der Waals surface area (Å²) >= 11 is 0. The first-order valence-corrected chi connectivity index (χ1v) is 16.3. The summed E-state index contributed by atoms with van der Waals surface area (Å²) in [5.74, 6) is 0.789. The second-order valence-electron chi connectivity index (χ2n) is 8.92. The Morgan fingerprint density at radius 3 is 1.23 bits per heavy atom. The molecule has 0 atom stereocenters. The summed E-state index contributed by atoms with van der Waals surface area (Å²) < 4.78 is 10.2. The van der Waals surface area contributed by atoms with Gasteiger partial charge in [0.2, 0.25) is 17.7 Å². The first-order valence-electron chi connectivity index (χ1n) is 13.9. The molecule has 0 spiro atoms. The van der Waals surface area contributed by atoms with E-state index >= 15 is 0 Å². The third kappa shape index (κ3) is 19.0. The third-order valence-electron chi connectivity index (χ3n) is 5.44. The zero-order chi connectivity index (χ0) is 31.0. The summed E-state index contributed by atoms with van der Waals surface area (Å²) in [7, 11) is 3.16. The van der Waals surface area contributed by atoms with Gasteiger partial charge < -0.3 is 36.1 Å². The van der Waals surface area contributed by atoms with Gasteiger partial charge in [0, 0.05) is 63.5 Å². The smallest absolute Gasteiger partial charge is 0.407 e. The standard InChI is InChI=1S/C29H39N5O7S2/c35-25(12-15-33-28(38)40-21-23-7-3-1-4-8-23)30-14-11-26(36)31-17-19-42-43-20-18-32-27(37)13-16-34-29(39)41-22-24-9-5-2-6-10-24/h1-10H,11-22H2,(H,30,35)(H,31,36)(H,32,37)(H,33,38)(H,34,39). The zero-order valence-corrected chi connectivity index (χ0v) is 25.6. The Morgan fingerprint density at radius 2 is 0.837 bits per heavy atom. The molecular formula is C29H39N5O7S2. The lowest BCUT2D eigenvalue weighted by Gasteiger charge is -2.09. The van der Waals surface area contributed by atoms with Crippen molar-refractivity contribution in [3.63, 3.8) is 0 Å². The molecule has 2 aromatic rings. The van der Waals surface area contributed by atoms with Crippen molar-refractivity contribution in [3.05, 3.63) is 71.8 Å². The number of amides is 5. The topological polar surface area (TPSA) is 164 Å². The molecule has 0 aliphatic carbocycles. The van der Waals surface area contributed by atoms with Crippen molar-refractivity contribution in [1.82, 2.24) is 26.6 Å². The Balaban J connectivity index is 1.33. The maximum atomic E-state index is 11.9. The Bertz CT molecular complexity index is 1130. The van der Waals surface area contributed by atoms with E-state index in [1.807, 2.05) is 60.7 Å². The molecule has 0 radical (unpaired) electrons. The molecule has 0 aromatic heterocycles. The highest BCUT2D eigenvalue weighted by Crippen LogP contribution is 2.19. The molecule has 0 saturated heterocycles.